The van der Waals surface area contributed by atoms with Crippen molar-refractivity contribution in [2.75, 3.05) is 32.7 Å². The van der Waals surface area contributed by atoms with Gasteiger partial charge in [0.1, 0.15) is 0 Å². The summed E-state index contributed by atoms with van der Waals surface area (Å²) in [5, 5.41) is 0. The first-order chi connectivity index (χ1) is 9.96. The first-order valence-corrected chi connectivity index (χ1v) is 9.20. The number of aryl methyl sites for hydroxylation is 2. The lowest BCUT2D eigenvalue weighted by atomic mass is 10.2. The van der Waals surface area contributed by atoms with Gasteiger partial charge in [0.15, 0.2) is 0 Å². The predicted molar refractivity (Wildman–Crippen MR) is 83.8 cm³/mol. The van der Waals surface area contributed by atoms with Gasteiger partial charge in [-0.1, -0.05) is 12.1 Å². The van der Waals surface area contributed by atoms with Crippen molar-refractivity contribution in [3.63, 3.8) is 0 Å². The van der Waals surface area contributed by atoms with E-state index in [9.17, 15) is 8.42 Å². The highest BCUT2D eigenvalue weighted by molar-refractivity contribution is 7.89. The van der Waals surface area contributed by atoms with Crippen LogP contribution in [0, 0.1) is 19.8 Å². The topological polar surface area (TPSA) is 40.6 Å². The average molecular weight is 308 g/mol. The van der Waals surface area contributed by atoms with E-state index in [2.05, 4.69) is 4.90 Å². The summed E-state index contributed by atoms with van der Waals surface area (Å²) in [4.78, 5) is 2.88. The standard InChI is InChI=1S/C16H24N2O2S/c1-13-3-4-14(2)16(11-13)21(19,20)18-9-7-17(8-10-18)12-15-5-6-15/h3-4,11,15H,5-10,12H2,1-2H3. The molecule has 2 aliphatic rings. The Morgan fingerprint density at radius 1 is 1.10 bits per heavy atom. The van der Waals surface area contributed by atoms with Gasteiger partial charge in [0.05, 0.1) is 4.90 Å². The van der Waals surface area contributed by atoms with E-state index in [0.29, 0.717) is 18.0 Å². The molecule has 0 unspecified atom stereocenters. The van der Waals surface area contributed by atoms with Crippen LogP contribution in [0.4, 0.5) is 0 Å². The fourth-order valence-corrected chi connectivity index (χ4v) is 4.67. The van der Waals surface area contributed by atoms with E-state index in [-0.39, 0.29) is 0 Å². The van der Waals surface area contributed by atoms with Gasteiger partial charge in [0, 0.05) is 32.7 Å². The van der Waals surface area contributed by atoms with Gasteiger partial charge >= 0.3 is 0 Å². The van der Waals surface area contributed by atoms with E-state index in [0.717, 1.165) is 36.7 Å². The third-order valence-electron chi connectivity index (χ3n) is 4.51. The van der Waals surface area contributed by atoms with Crippen molar-refractivity contribution >= 4 is 10.0 Å². The lowest BCUT2D eigenvalue weighted by molar-refractivity contribution is 0.182. The second-order valence-corrected chi connectivity index (χ2v) is 8.32. The van der Waals surface area contributed by atoms with Crippen molar-refractivity contribution < 1.29 is 8.42 Å². The molecule has 0 radical (unpaired) electrons. The molecule has 0 bridgehead atoms. The molecule has 21 heavy (non-hydrogen) atoms. The molecular formula is C16H24N2O2S. The highest BCUT2D eigenvalue weighted by Crippen LogP contribution is 2.30. The lowest BCUT2D eigenvalue weighted by Gasteiger charge is -2.34. The highest BCUT2D eigenvalue weighted by Gasteiger charge is 2.31. The Morgan fingerprint density at radius 2 is 1.76 bits per heavy atom. The molecule has 0 spiro atoms. The smallest absolute Gasteiger partial charge is 0.243 e. The molecule has 1 aromatic rings. The van der Waals surface area contributed by atoms with E-state index in [1.165, 1.54) is 12.8 Å². The van der Waals surface area contributed by atoms with Crippen LogP contribution in [-0.2, 0) is 10.0 Å². The molecule has 0 N–H and O–H groups in total. The molecule has 1 heterocycles. The SMILES string of the molecule is Cc1ccc(C)c(S(=O)(=O)N2CCN(CC3CC3)CC2)c1. The Labute approximate surface area is 127 Å². The second kappa shape index (κ2) is 5.71. The summed E-state index contributed by atoms with van der Waals surface area (Å²) >= 11 is 0. The fourth-order valence-electron chi connectivity index (χ4n) is 2.94. The fraction of sp³-hybridized carbons (Fsp3) is 0.625. The zero-order chi connectivity index (χ0) is 15.0. The molecule has 1 saturated carbocycles. The van der Waals surface area contributed by atoms with Crippen molar-refractivity contribution in [3.05, 3.63) is 29.3 Å². The molecule has 1 aromatic carbocycles. The monoisotopic (exact) mass is 308 g/mol. The third kappa shape index (κ3) is 3.30. The van der Waals surface area contributed by atoms with Crippen LogP contribution in [0.3, 0.4) is 0 Å². The van der Waals surface area contributed by atoms with E-state index < -0.39 is 10.0 Å². The summed E-state index contributed by atoms with van der Waals surface area (Å²) in [7, 11) is -3.34. The van der Waals surface area contributed by atoms with E-state index in [1.807, 2.05) is 26.0 Å². The maximum atomic E-state index is 12.8. The van der Waals surface area contributed by atoms with Crippen molar-refractivity contribution in [3.8, 4) is 0 Å². The predicted octanol–water partition coefficient (Wildman–Crippen LogP) is 2.02. The van der Waals surface area contributed by atoms with Crippen LogP contribution in [0.1, 0.15) is 24.0 Å². The van der Waals surface area contributed by atoms with E-state index in [4.69, 9.17) is 0 Å². The van der Waals surface area contributed by atoms with Gasteiger partial charge in [0.25, 0.3) is 0 Å². The van der Waals surface area contributed by atoms with Crippen molar-refractivity contribution in [2.24, 2.45) is 5.92 Å². The van der Waals surface area contributed by atoms with Gasteiger partial charge in [0.2, 0.25) is 10.0 Å². The minimum atomic E-state index is -3.34. The summed E-state index contributed by atoms with van der Waals surface area (Å²) in [6.45, 7) is 7.91. The maximum Gasteiger partial charge on any atom is 0.243 e. The van der Waals surface area contributed by atoms with Gasteiger partial charge < -0.3 is 4.90 Å². The summed E-state index contributed by atoms with van der Waals surface area (Å²) in [6.07, 6.45) is 2.70. The minimum Gasteiger partial charge on any atom is -0.300 e. The third-order valence-corrected chi connectivity index (χ3v) is 6.55. The van der Waals surface area contributed by atoms with Gasteiger partial charge in [-0.05, 0) is 49.8 Å². The Bertz CT molecular complexity index is 615. The van der Waals surface area contributed by atoms with Crippen molar-refractivity contribution in [1.82, 2.24) is 9.21 Å². The lowest BCUT2D eigenvalue weighted by Crippen LogP contribution is -2.49. The molecule has 0 aromatic heterocycles. The molecule has 1 aliphatic carbocycles. The summed E-state index contributed by atoms with van der Waals surface area (Å²) < 4.78 is 27.3. The van der Waals surface area contributed by atoms with Crippen LogP contribution in [0.25, 0.3) is 0 Å². The Morgan fingerprint density at radius 3 is 2.38 bits per heavy atom. The second-order valence-electron chi connectivity index (χ2n) is 6.42. The first-order valence-electron chi connectivity index (χ1n) is 7.76. The Hall–Kier alpha value is -0.910. The molecule has 1 aliphatic heterocycles. The summed E-state index contributed by atoms with van der Waals surface area (Å²) in [5.74, 6) is 0.868. The van der Waals surface area contributed by atoms with Crippen LogP contribution in [-0.4, -0.2) is 50.3 Å². The normalized spacial score (nSPS) is 21.6. The van der Waals surface area contributed by atoms with Crippen molar-refractivity contribution in [2.45, 2.75) is 31.6 Å². The first kappa shape index (κ1) is 15.0. The van der Waals surface area contributed by atoms with Crippen LogP contribution in [0.2, 0.25) is 0 Å². The number of nitrogens with zero attached hydrogens (tertiary/aromatic N) is 2. The largest absolute Gasteiger partial charge is 0.300 e. The van der Waals surface area contributed by atoms with Crippen LogP contribution in [0.5, 0.6) is 0 Å². The Balaban J connectivity index is 1.72. The zero-order valence-electron chi connectivity index (χ0n) is 12.9. The molecule has 1 saturated heterocycles. The van der Waals surface area contributed by atoms with Crippen LogP contribution in [0.15, 0.2) is 23.1 Å². The van der Waals surface area contributed by atoms with Gasteiger partial charge in [-0.15, -0.1) is 0 Å². The average Bonchev–Trinajstić information content (AvgIpc) is 3.26. The molecule has 3 rings (SSSR count). The Kier molecular flexibility index (Phi) is 4.08. The molecule has 2 fully saturated rings. The molecule has 116 valence electrons. The van der Waals surface area contributed by atoms with Crippen molar-refractivity contribution in [1.29, 1.82) is 0 Å². The van der Waals surface area contributed by atoms with Gasteiger partial charge in [-0.25, -0.2) is 8.42 Å². The number of piperazine rings is 1. The molecule has 0 amide bonds. The van der Waals surface area contributed by atoms with Crippen LogP contribution >= 0.6 is 0 Å². The van der Waals surface area contributed by atoms with Crippen LogP contribution < -0.4 is 0 Å². The quantitative estimate of drug-likeness (QED) is 0.854. The van der Waals surface area contributed by atoms with Gasteiger partial charge in [-0.2, -0.15) is 4.31 Å². The van der Waals surface area contributed by atoms with E-state index >= 15 is 0 Å². The number of hydrogen-bond donors (Lipinski definition) is 0. The molecule has 5 heteroatoms. The zero-order valence-corrected chi connectivity index (χ0v) is 13.7. The number of benzene rings is 1. The molecule has 4 nitrogen and oxygen atoms in total. The van der Waals surface area contributed by atoms with Gasteiger partial charge in [-0.3, -0.25) is 0 Å². The van der Waals surface area contributed by atoms with E-state index in [1.54, 1.807) is 10.4 Å². The number of rotatable bonds is 4. The highest BCUT2D eigenvalue weighted by atomic mass is 32.2. The summed E-state index contributed by atoms with van der Waals surface area (Å²) in [5.41, 5.74) is 1.83. The maximum absolute atomic E-state index is 12.8. The number of sulfonamides is 1. The number of hydrogen-bond acceptors (Lipinski definition) is 3. The minimum absolute atomic E-state index is 0.471. The summed E-state index contributed by atoms with van der Waals surface area (Å²) in [6, 6.07) is 5.65. The molecular weight excluding hydrogens is 284 g/mol. The molecule has 0 atom stereocenters.